The van der Waals surface area contributed by atoms with Gasteiger partial charge >= 0.3 is 0 Å². The smallest absolute Gasteiger partial charge is 0.120 e. The second kappa shape index (κ2) is 5.78. The number of aryl methyl sites for hydroxylation is 1. The highest BCUT2D eigenvalue weighted by Gasteiger charge is 2.09. The summed E-state index contributed by atoms with van der Waals surface area (Å²) < 4.78 is 7.30. The lowest BCUT2D eigenvalue weighted by atomic mass is 9.97. The lowest BCUT2D eigenvalue weighted by molar-refractivity contribution is 0.306. The first-order valence-corrected chi connectivity index (χ1v) is 7.55. The number of rotatable bonds is 3. The van der Waals surface area contributed by atoms with Crippen molar-refractivity contribution in [2.24, 2.45) is 0 Å². The second-order valence-electron chi connectivity index (χ2n) is 4.73. The van der Waals surface area contributed by atoms with Gasteiger partial charge in [-0.25, -0.2) is 0 Å². The standard InChI is InChI=1S/C17H15IO/c18-16-8-6-15-11-17(9-7-14(15)10-16)19-12-13-4-2-1-3-5-13/h1-5,7,9-11H,6,8,12H2. The van der Waals surface area contributed by atoms with E-state index in [1.165, 1.54) is 20.3 Å². The van der Waals surface area contributed by atoms with E-state index in [-0.39, 0.29) is 0 Å². The molecule has 3 rings (SSSR count). The first-order chi connectivity index (χ1) is 9.31. The van der Waals surface area contributed by atoms with Crippen molar-refractivity contribution >= 4 is 28.7 Å². The molecule has 96 valence electrons. The Kier molecular flexibility index (Phi) is 3.87. The molecule has 0 saturated carbocycles. The summed E-state index contributed by atoms with van der Waals surface area (Å²) in [5.74, 6) is 0.966. The number of allylic oxidation sites excluding steroid dienone is 1. The van der Waals surface area contributed by atoms with E-state index in [2.05, 4.69) is 59.0 Å². The molecule has 1 nitrogen and oxygen atoms in total. The Hall–Kier alpha value is -1.29. The molecular weight excluding hydrogens is 347 g/mol. The summed E-state index contributed by atoms with van der Waals surface area (Å²) in [4.78, 5) is 0. The van der Waals surface area contributed by atoms with Crippen molar-refractivity contribution in [2.45, 2.75) is 19.4 Å². The maximum Gasteiger partial charge on any atom is 0.120 e. The maximum absolute atomic E-state index is 5.86. The van der Waals surface area contributed by atoms with Gasteiger partial charge in [0.1, 0.15) is 12.4 Å². The molecule has 0 aromatic heterocycles. The molecule has 0 amide bonds. The fourth-order valence-corrected chi connectivity index (χ4v) is 2.87. The topological polar surface area (TPSA) is 9.23 Å². The van der Waals surface area contributed by atoms with E-state index >= 15 is 0 Å². The van der Waals surface area contributed by atoms with E-state index in [0.717, 1.165) is 18.6 Å². The predicted molar refractivity (Wildman–Crippen MR) is 87.5 cm³/mol. The van der Waals surface area contributed by atoms with Crippen molar-refractivity contribution in [1.29, 1.82) is 0 Å². The second-order valence-corrected chi connectivity index (χ2v) is 6.11. The van der Waals surface area contributed by atoms with Crippen LogP contribution in [0.1, 0.15) is 23.1 Å². The van der Waals surface area contributed by atoms with Gasteiger partial charge in [0.25, 0.3) is 0 Å². The summed E-state index contributed by atoms with van der Waals surface area (Å²) in [6, 6.07) is 16.7. The summed E-state index contributed by atoms with van der Waals surface area (Å²) in [5.41, 5.74) is 3.93. The van der Waals surface area contributed by atoms with Gasteiger partial charge in [0.15, 0.2) is 0 Å². The molecule has 0 unspecified atom stereocenters. The average Bonchev–Trinajstić information content (AvgIpc) is 2.46. The summed E-state index contributed by atoms with van der Waals surface area (Å²) in [6.45, 7) is 0.632. The molecule has 0 spiro atoms. The molecule has 0 fully saturated rings. The summed E-state index contributed by atoms with van der Waals surface area (Å²) in [6.07, 6.45) is 4.53. The normalized spacial score (nSPS) is 13.6. The van der Waals surface area contributed by atoms with Crippen LogP contribution in [0.3, 0.4) is 0 Å². The number of fused-ring (bicyclic) bond motifs is 1. The molecule has 2 heteroatoms. The molecule has 1 aliphatic carbocycles. The number of halogens is 1. The minimum atomic E-state index is 0.632. The molecular formula is C17H15IO. The van der Waals surface area contributed by atoms with Crippen molar-refractivity contribution in [2.75, 3.05) is 0 Å². The lowest BCUT2D eigenvalue weighted by Gasteiger charge is -2.15. The van der Waals surface area contributed by atoms with Crippen molar-refractivity contribution in [3.05, 3.63) is 68.8 Å². The van der Waals surface area contributed by atoms with Crippen LogP contribution < -0.4 is 4.74 Å². The quantitative estimate of drug-likeness (QED) is 0.700. The number of hydrogen-bond donors (Lipinski definition) is 0. The highest BCUT2D eigenvalue weighted by atomic mass is 127. The van der Waals surface area contributed by atoms with Gasteiger partial charge in [-0.3, -0.25) is 0 Å². The van der Waals surface area contributed by atoms with Gasteiger partial charge in [-0.15, -0.1) is 0 Å². The van der Waals surface area contributed by atoms with Crippen LogP contribution >= 0.6 is 22.6 Å². The largest absolute Gasteiger partial charge is 0.489 e. The zero-order chi connectivity index (χ0) is 13.1. The number of hydrogen-bond acceptors (Lipinski definition) is 1. The van der Waals surface area contributed by atoms with Crippen LogP contribution in [0, 0.1) is 0 Å². The van der Waals surface area contributed by atoms with Gasteiger partial charge in [-0.2, -0.15) is 0 Å². The van der Waals surface area contributed by atoms with Crippen LogP contribution in [0.15, 0.2) is 52.1 Å². The first-order valence-electron chi connectivity index (χ1n) is 6.47. The SMILES string of the molecule is IC1=Cc2ccc(OCc3ccccc3)cc2CC1. The monoisotopic (exact) mass is 362 g/mol. The summed E-state index contributed by atoms with van der Waals surface area (Å²) in [5, 5.41) is 0. The van der Waals surface area contributed by atoms with Crippen molar-refractivity contribution in [3.8, 4) is 5.75 Å². The molecule has 0 bridgehead atoms. The van der Waals surface area contributed by atoms with E-state index in [9.17, 15) is 0 Å². The Bertz CT molecular complexity index is 602. The van der Waals surface area contributed by atoms with E-state index in [4.69, 9.17) is 4.74 Å². The van der Waals surface area contributed by atoms with E-state index in [1.807, 2.05) is 18.2 Å². The van der Waals surface area contributed by atoms with Gasteiger partial charge < -0.3 is 4.74 Å². The molecule has 0 radical (unpaired) electrons. The van der Waals surface area contributed by atoms with Gasteiger partial charge in [0.05, 0.1) is 0 Å². The summed E-state index contributed by atoms with van der Waals surface area (Å²) >= 11 is 2.42. The molecule has 0 aliphatic heterocycles. The lowest BCUT2D eigenvalue weighted by Crippen LogP contribution is -1.99. The summed E-state index contributed by atoms with van der Waals surface area (Å²) in [7, 11) is 0. The third-order valence-electron chi connectivity index (χ3n) is 3.31. The number of ether oxygens (including phenoxy) is 1. The minimum Gasteiger partial charge on any atom is -0.489 e. The Morgan fingerprint density at radius 2 is 1.84 bits per heavy atom. The van der Waals surface area contributed by atoms with Gasteiger partial charge in [0, 0.05) is 0 Å². The Morgan fingerprint density at radius 1 is 1.00 bits per heavy atom. The van der Waals surface area contributed by atoms with Crippen molar-refractivity contribution < 1.29 is 4.74 Å². The van der Waals surface area contributed by atoms with Crippen molar-refractivity contribution in [1.82, 2.24) is 0 Å². The van der Waals surface area contributed by atoms with Gasteiger partial charge in [-0.05, 0) is 73.9 Å². The predicted octanol–water partition coefficient (Wildman–Crippen LogP) is 4.99. The van der Waals surface area contributed by atoms with Crippen LogP contribution in [0.2, 0.25) is 0 Å². The Morgan fingerprint density at radius 3 is 2.68 bits per heavy atom. The van der Waals surface area contributed by atoms with Gasteiger partial charge in [-0.1, -0.05) is 36.4 Å². The van der Waals surface area contributed by atoms with Crippen LogP contribution in [-0.4, -0.2) is 0 Å². The average molecular weight is 362 g/mol. The highest BCUT2D eigenvalue weighted by Crippen LogP contribution is 2.30. The maximum atomic E-state index is 5.86. The van der Waals surface area contributed by atoms with E-state index < -0.39 is 0 Å². The van der Waals surface area contributed by atoms with E-state index in [1.54, 1.807) is 0 Å². The molecule has 0 heterocycles. The third kappa shape index (κ3) is 3.18. The first kappa shape index (κ1) is 12.7. The fourth-order valence-electron chi connectivity index (χ4n) is 2.27. The molecule has 0 N–H and O–H groups in total. The number of benzene rings is 2. The highest BCUT2D eigenvalue weighted by molar-refractivity contribution is 14.1. The van der Waals surface area contributed by atoms with Crippen LogP contribution in [-0.2, 0) is 13.0 Å². The molecule has 19 heavy (non-hydrogen) atoms. The van der Waals surface area contributed by atoms with Gasteiger partial charge in [0.2, 0.25) is 0 Å². The molecule has 2 aromatic rings. The van der Waals surface area contributed by atoms with Crippen LogP contribution in [0.4, 0.5) is 0 Å². The molecule has 2 aromatic carbocycles. The van der Waals surface area contributed by atoms with Crippen LogP contribution in [0.5, 0.6) is 5.75 Å². The van der Waals surface area contributed by atoms with Crippen LogP contribution in [0.25, 0.3) is 6.08 Å². The Balaban J connectivity index is 1.73. The Labute approximate surface area is 127 Å². The van der Waals surface area contributed by atoms with E-state index in [0.29, 0.717) is 6.61 Å². The zero-order valence-corrected chi connectivity index (χ0v) is 12.8. The molecule has 0 atom stereocenters. The zero-order valence-electron chi connectivity index (χ0n) is 10.6. The van der Waals surface area contributed by atoms with Crippen molar-refractivity contribution in [3.63, 3.8) is 0 Å². The third-order valence-corrected chi connectivity index (χ3v) is 4.16. The minimum absolute atomic E-state index is 0.632. The fraction of sp³-hybridized carbons (Fsp3) is 0.176. The molecule has 1 aliphatic rings. The molecule has 0 saturated heterocycles.